The van der Waals surface area contributed by atoms with Crippen LogP contribution < -0.4 is 4.90 Å². The first kappa shape index (κ1) is 10.9. The van der Waals surface area contributed by atoms with E-state index in [0.29, 0.717) is 0 Å². The summed E-state index contributed by atoms with van der Waals surface area (Å²) in [7, 11) is 2.15. The van der Waals surface area contributed by atoms with Crippen LogP contribution >= 0.6 is 15.9 Å². The summed E-state index contributed by atoms with van der Waals surface area (Å²) < 4.78 is 0. The number of nitrogens with zero attached hydrogens (tertiary/aromatic N) is 2. The van der Waals surface area contributed by atoms with Crippen LogP contribution in [0.15, 0.2) is 18.3 Å². The Kier molecular flexibility index (Phi) is 3.62. The van der Waals surface area contributed by atoms with Gasteiger partial charge >= 0.3 is 0 Å². The van der Waals surface area contributed by atoms with Gasteiger partial charge in [0.05, 0.1) is 0 Å². The van der Waals surface area contributed by atoms with Crippen molar-refractivity contribution < 1.29 is 0 Å². The van der Waals surface area contributed by atoms with Crippen LogP contribution in [-0.2, 0) is 5.33 Å². The number of halogens is 1. The average molecular weight is 269 g/mol. The molecule has 0 N–H and O–H groups in total. The lowest BCUT2D eigenvalue weighted by atomic mass is 9.85. The second-order valence-corrected chi connectivity index (χ2v) is 4.86. The highest BCUT2D eigenvalue weighted by atomic mass is 79.9. The predicted octanol–water partition coefficient (Wildman–Crippen LogP) is 3.21. The number of rotatable bonds is 4. The number of aromatic nitrogens is 1. The highest BCUT2D eigenvalue weighted by molar-refractivity contribution is 9.08. The molecule has 82 valence electrons. The smallest absolute Gasteiger partial charge is 0.132 e. The molecule has 0 bridgehead atoms. The van der Waals surface area contributed by atoms with Gasteiger partial charge in [-0.3, -0.25) is 0 Å². The molecule has 1 aliphatic carbocycles. The Morgan fingerprint density at radius 1 is 1.53 bits per heavy atom. The third-order valence-corrected chi connectivity index (χ3v) is 3.73. The Hall–Kier alpha value is -0.570. The van der Waals surface area contributed by atoms with Crippen molar-refractivity contribution in [3.8, 4) is 0 Å². The molecular formula is C12H17BrN2. The SMILES string of the molecule is CN(CC1CCC1)c1ncccc1CBr. The van der Waals surface area contributed by atoms with Gasteiger partial charge in [-0.2, -0.15) is 0 Å². The van der Waals surface area contributed by atoms with Gasteiger partial charge in [0, 0.05) is 30.7 Å². The van der Waals surface area contributed by atoms with E-state index >= 15 is 0 Å². The number of anilines is 1. The summed E-state index contributed by atoms with van der Waals surface area (Å²) in [4.78, 5) is 6.75. The molecule has 3 heteroatoms. The molecule has 0 aliphatic heterocycles. The lowest BCUT2D eigenvalue weighted by Crippen LogP contribution is -2.30. The maximum atomic E-state index is 4.46. The van der Waals surface area contributed by atoms with Crippen LogP contribution in [-0.4, -0.2) is 18.6 Å². The first-order valence-corrected chi connectivity index (χ1v) is 6.64. The van der Waals surface area contributed by atoms with E-state index < -0.39 is 0 Å². The van der Waals surface area contributed by atoms with Gasteiger partial charge in [0.1, 0.15) is 5.82 Å². The Bertz CT molecular complexity index is 323. The van der Waals surface area contributed by atoms with Crippen molar-refractivity contribution >= 4 is 21.7 Å². The number of alkyl halides is 1. The van der Waals surface area contributed by atoms with Crippen molar-refractivity contribution in [3.63, 3.8) is 0 Å². The molecule has 2 rings (SSSR count). The highest BCUT2D eigenvalue weighted by Crippen LogP contribution is 2.29. The molecule has 1 heterocycles. The lowest BCUT2D eigenvalue weighted by molar-refractivity contribution is 0.321. The zero-order chi connectivity index (χ0) is 10.7. The summed E-state index contributed by atoms with van der Waals surface area (Å²) in [5.41, 5.74) is 1.28. The fraction of sp³-hybridized carbons (Fsp3) is 0.583. The maximum absolute atomic E-state index is 4.46. The second-order valence-electron chi connectivity index (χ2n) is 4.30. The van der Waals surface area contributed by atoms with Gasteiger partial charge in [0.2, 0.25) is 0 Å². The summed E-state index contributed by atoms with van der Waals surface area (Å²) >= 11 is 3.51. The Labute approximate surface area is 99.8 Å². The van der Waals surface area contributed by atoms with Gasteiger partial charge in [-0.15, -0.1) is 0 Å². The van der Waals surface area contributed by atoms with Crippen LogP contribution in [0, 0.1) is 5.92 Å². The monoisotopic (exact) mass is 268 g/mol. The highest BCUT2D eigenvalue weighted by Gasteiger charge is 2.20. The minimum absolute atomic E-state index is 0.880. The third kappa shape index (κ3) is 2.51. The van der Waals surface area contributed by atoms with E-state index in [9.17, 15) is 0 Å². The molecular weight excluding hydrogens is 252 g/mol. The molecule has 1 aliphatic rings. The van der Waals surface area contributed by atoms with Crippen LogP contribution in [0.1, 0.15) is 24.8 Å². The van der Waals surface area contributed by atoms with E-state index in [1.807, 2.05) is 12.3 Å². The molecule has 0 saturated heterocycles. The van der Waals surface area contributed by atoms with Crippen LogP contribution in [0.25, 0.3) is 0 Å². The van der Waals surface area contributed by atoms with Crippen molar-refractivity contribution in [1.29, 1.82) is 0 Å². The van der Waals surface area contributed by atoms with Gasteiger partial charge in [-0.25, -0.2) is 4.98 Å². The van der Waals surface area contributed by atoms with Crippen LogP contribution in [0.4, 0.5) is 5.82 Å². The average Bonchev–Trinajstić information content (AvgIpc) is 2.23. The first-order chi connectivity index (χ1) is 7.31. The van der Waals surface area contributed by atoms with Gasteiger partial charge < -0.3 is 4.90 Å². The Morgan fingerprint density at radius 2 is 2.33 bits per heavy atom. The maximum Gasteiger partial charge on any atom is 0.132 e. The quantitative estimate of drug-likeness (QED) is 0.780. The minimum atomic E-state index is 0.880. The third-order valence-electron chi connectivity index (χ3n) is 3.13. The largest absolute Gasteiger partial charge is 0.359 e. The molecule has 0 spiro atoms. The molecule has 1 saturated carbocycles. The fourth-order valence-corrected chi connectivity index (χ4v) is 2.47. The molecule has 0 amide bonds. The van der Waals surface area contributed by atoms with Gasteiger partial charge in [0.25, 0.3) is 0 Å². The molecule has 15 heavy (non-hydrogen) atoms. The molecule has 1 aromatic rings. The van der Waals surface area contributed by atoms with E-state index in [1.54, 1.807) is 0 Å². The number of hydrogen-bond donors (Lipinski definition) is 0. The molecule has 0 atom stereocenters. The normalized spacial score (nSPS) is 16.1. The zero-order valence-corrected chi connectivity index (χ0v) is 10.7. The molecule has 1 fully saturated rings. The molecule has 0 aromatic carbocycles. The predicted molar refractivity (Wildman–Crippen MR) is 67.5 cm³/mol. The van der Waals surface area contributed by atoms with Crippen molar-refractivity contribution in [3.05, 3.63) is 23.9 Å². The van der Waals surface area contributed by atoms with E-state index in [4.69, 9.17) is 0 Å². The van der Waals surface area contributed by atoms with Crippen molar-refractivity contribution in [2.24, 2.45) is 5.92 Å². The van der Waals surface area contributed by atoms with E-state index in [0.717, 1.165) is 23.6 Å². The standard InChI is InChI=1S/C12H17BrN2/c1-15(9-10-4-2-5-10)12-11(8-13)6-3-7-14-12/h3,6-7,10H,2,4-5,8-9H2,1H3. The summed E-state index contributed by atoms with van der Waals surface area (Å²) in [6.45, 7) is 1.15. The first-order valence-electron chi connectivity index (χ1n) is 5.52. The minimum Gasteiger partial charge on any atom is -0.359 e. The van der Waals surface area contributed by atoms with Crippen molar-refractivity contribution in [2.45, 2.75) is 24.6 Å². The van der Waals surface area contributed by atoms with Crippen molar-refractivity contribution in [2.75, 3.05) is 18.5 Å². The van der Waals surface area contributed by atoms with Crippen LogP contribution in [0.3, 0.4) is 0 Å². The Morgan fingerprint density at radius 3 is 2.93 bits per heavy atom. The summed E-state index contributed by atoms with van der Waals surface area (Å²) in [5, 5.41) is 0.880. The second kappa shape index (κ2) is 4.97. The zero-order valence-electron chi connectivity index (χ0n) is 9.12. The molecule has 2 nitrogen and oxygen atoms in total. The van der Waals surface area contributed by atoms with Crippen LogP contribution in [0.2, 0.25) is 0 Å². The van der Waals surface area contributed by atoms with E-state index in [-0.39, 0.29) is 0 Å². The Balaban J connectivity index is 2.05. The van der Waals surface area contributed by atoms with Crippen LogP contribution in [0.5, 0.6) is 0 Å². The summed E-state index contributed by atoms with van der Waals surface area (Å²) in [5.74, 6) is 2.02. The van der Waals surface area contributed by atoms with Gasteiger partial charge in [-0.1, -0.05) is 28.4 Å². The fourth-order valence-electron chi connectivity index (χ4n) is 2.03. The number of hydrogen-bond acceptors (Lipinski definition) is 2. The summed E-state index contributed by atoms with van der Waals surface area (Å²) in [6, 6.07) is 4.13. The lowest BCUT2D eigenvalue weighted by Gasteiger charge is -2.31. The molecule has 0 radical (unpaired) electrons. The van der Waals surface area contributed by atoms with Gasteiger partial charge in [-0.05, 0) is 24.8 Å². The van der Waals surface area contributed by atoms with Crippen molar-refractivity contribution in [1.82, 2.24) is 4.98 Å². The van der Waals surface area contributed by atoms with E-state index in [1.165, 1.54) is 24.8 Å². The topological polar surface area (TPSA) is 16.1 Å². The van der Waals surface area contributed by atoms with E-state index in [2.05, 4.69) is 38.9 Å². The summed E-state index contributed by atoms with van der Waals surface area (Å²) in [6.07, 6.45) is 6.06. The molecule has 0 unspecified atom stereocenters. The molecule has 1 aromatic heterocycles. The number of pyridine rings is 1. The van der Waals surface area contributed by atoms with Gasteiger partial charge in [0.15, 0.2) is 0 Å².